The first-order valence-corrected chi connectivity index (χ1v) is 9.51. The first kappa shape index (κ1) is 20.7. The molecule has 0 saturated carbocycles. The van der Waals surface area contributed by atoms with Gasteiger partial charge < -0.3 is 14.8 Å². The lowest BCUT2D eigenvalue weighted by Gasteiger charge is -2.15. The Morgan fingerprint density at radius 3 is 2.30 bits per heavy atom. The number of hydrogen-bond acceptors (Lipinski definition) is 5. The van der Waals surface area contributed by atoms with Crippen molar-refractivity contribution in [1.29, 1.82) is 0 Å². The number of rotatable bonds is 8. The van der Waals surface area contributed by atoms with E-state index >= 15 is 0 Å². The van der Waals surface area contributed by atoms with Gasteiger partial charge in [-0.15, -0.1) is 0 Å². The molecule has 0 fully saturated rings. The molecule has 0 aliphatic rings. The van der Waals surface area contributed by atoms with Gasteiger partial charge in [0.05, 0.1) is 25.2 Å². The van der Waals surface area contributed by atoms with E-state index in [2.05, 4.69) is 10.0 Å². The van der Waals surface area contributed by atoms with Crippen LogP contribution in [0.4, 0.5) is 4.39 Å². The molecule has 2 rings (SSSR count). The van der Waals surface area contributed by atoms with Gasteiger partial charge in [-0.05, 0) is 36.8 Å². The summed E-state index contributed by atoms with van der Waals surface area (Å²) in [6, 6.07) is 8.75. The zero-order valence-electron chi connectivity index (χ0n) is 15.2. The van der Waals surface area contributed by atoms with Crippen LogP contribution in [-0.4, -0.2) is 34.6 Å². The fourth-order valence-corrected chi connectivity index (χ4v) is 3.50. The highest BCUT2D eigenvalue weighted by Gasteiger charge is 2.23. The van der Waals surface area contributed by atoms with Gasteiger partial charge in [-0.25, -0.2) is 12.8 Å². The number of halogens is 1. The summed E-state index contributed by atoms with van der Waals surface area (Å²) in [5.41, 5.74) is 0.694. The molecule has 0 saturated heterocycles. The number of methoxy groups -OCH3 is 2. The van der Waals surface area contributed by atoms with Crippen LogP contribution >= 0.6 is 0 Å². The Kier molecular flexibility index (Phi) is 6.75. The molecule has 1 unspecified atom stereocenters. The van der Waals surface area contributed by atoms with Crippen molar-refractivity contribution in [2.24, 2.45) is 0 Å². The topological polar surface area (TPSA) is 93.7 Å². The third kappa shape index (κ3) is 5.41. The van der Waals surface area contributed by atoms with Crippen molar-refractivity contribution in [1.82, 2.24) is 10.0 Å². The van der Waals surface area contributed by atoms with E-state index in [9.17, 15) is 17.6 Å². The fraction of sp³-hybridized carbons (Fsp3) is 0.278. The summed E-state index contributed by atoms with van der Waals surface area (Å²) < 4.78 is 50.4. The second-order valence-electron chi connectivity index (χ2n) is 5.70. The maximum Gasteiger partial charge on any atom is 0.241 e. The molecule has 0 aliphatic carbocycles. The molecule has 7 nitrogen and oxygen atoms in total. The first-order valence-electron chi connectivity index (χ1n) is 8.03. The van der Waals surface area contributed by atoms with E-state index in [1.165, 1.54) is 63.6 Å². The summed E-state index contributed by atoms with van der Waals surface area (Å²) in [6.07, 6.45) is 0. The lowest BCUT2D eigenvalue weighted by Crippen LogP contribution is -2.44. The molecule has 0 spiro atoms. The van der Waals surface area contributed by atoms with Crippen LogP contribution in [0.1, 0.15) is 12.5 Å². The summed E-state index contributed by atoms with van der Waals surface area (Å²) >= 11 is 0. The van der Waals surface area contributed by atoms with Crippen LogP contribution in [0.25, 0.3) is 0 Å². The molecule has 0 aliphatic heterocycles. The van der Waals surface area contributed by atoms with Gasteiger partial charge in [0.15, 0.2) is 11.5 Å². The van der Waals surface area contributed by atoms with E-state index < -0.39 is 22.0 Å². The summed E-state index contributed by atoms with van der Waals surface area (Å²) in [6.45, 7) is 1.58. The van der Waals surface area contributed by atoms with Crippen LogP contribution in [0.15, 0.2) is 47.4 Å². The standard InChI is InChI=1S/C18H21FN2O5S/c1-12(18(22)20-11-13-4-6-14(19)7-5-13)21-27(23,24)15-8-9-16(25-2)17(10-15)26-3/h4-10,12,21H,11H2,1-3H3,(H,20,22). The van der Waals surface area contributed by atoms with Crippen molar-refractivity contribution in [3.05, 3.63) is 53.8 Å². The van der Waals surface area contributed by atoms with E-state index in [1.807, 2.05) is 0 Å². The third-order valence-electron chi connectivity index (χ3n) is 3.77. The molecule has 0 aromatic heterocycles. The van der Waals surface area contributed by atoms with Gasteiger partial charge >= 0.3 is 0 Å². The predicted octanol–water partition coefficient (Wildman–Crippen LogP) is 1.83. The number of hydrogen-bond donors (Lipinski definition) is 2. The van der Waals surface area contributed by atoms with Crippen molar-refractivity contribution in [3.63, 3.8) is 0 Å². The lowest BCUT2D eigenvalue weighted by atomic mass is 10.2. The van der Waals surface area contributed by atoms with Gasteiger partial charge in [0.25, 0.3) is 0 Å². The van der Waals surface area contributed by atoms with E-state index in [4.69, 9.17) is 9.47 Å². The molecule has 9 heteroatoms. The maximum absolute atomic E-state index is 12.9. The molecular formula is C18H21FN2O5S. The van der Waals surface area contributed by atoms with Gasteiger partial charge in [0.1, 0.15) is 5.82 Å². The molecule has 2 aromatic rings. The Balaban J connectivity index is 2.03. The summed E-state index contributed by atoms with van der Waals surface area (Å²) in [5.74, 6) is -0.236. The van der Waals surface area contributed by atoms with Crippen molar-refractivity contribution in [2.75, 3.05) is 14.2 Å². The van der Waals surface area contributed by atoms with Gasteiger partial charge in [0, 0.05) is 12.6 Å². The number of nitrogens with one attached hydrogen (secondary N) is 2. The van der Waals surface area contributed by atoms with E-state index in [1.54, 1.807) is 0 Å². The molecular weight excluding hydrogens is 375 g/mol. The van der Waals surface area contributed by atoms with E-state index in [-0.39, 0.29) is 23.0 Å². The molecule has 0 heterocycles. The zero-order chi connectivity index (χ0) is 20.0. The average Bonchev–Trinajstić information content (AvgIpc) is 2.66. The van der Waals surface area contributed by atoms with Crippen LogP contribution in [0, 0.1) is 5.82 Å². The molecule has 1 atom stereocenters. The third-order valence-corrected chi connectivity index (χ3v) is 5.31. The minimum absolute atomic E-state index is 0.0571. The Bertz CT molecular complexity index is 900. The summed E-state index contributed by atoms with van der Waals surface area (Å²) in [5, 5.41) is 2.60. The minimum Gasteiger partial charge on any atom is -0.493 e. The second kappa shape index (κ2) is 8.83. The number of carbonyl (C=O) groups is 1. The first-order chi connectivity index (χ1) is 12.8. The smallest absolute Gasteiger partial charge is 0.241 e. The van der Waals surface area contributed by atoms with Crippen LogP contribution < -0.4 is 19.5 Å². The monoisotopic (exact) mass is 396 g/mol. The molecule has 1 amide bonds. The van der Waals surface area contributed by atoms with Crippen molar-refractivity contribution in [2.45, 2.75) is 24.4 Å². The normalized spacial score (nSPS) is 12.3. The van der Waals surface area contributed by atoms with Gasteiger partial charge in [-0.2, -0.15) is 4.72 Å². The second-order valence-corrected chi connectivity index (χ2v) is 7.42. The quantitative estimate of drug-likeness (QED) is 0.710. The number of carbonyl (C=O) groups excluding carboxylic acids is 1. The van der Waals surface area contributed by atoms with Crippen LogP contribution in [0.5, 0.6) is 11.5 Å². The summed E-state index contributed by atoms with van der Waals surface area (Å²) in [7, 11) is -1.11. The van der Waals surface area contributed by atoms with Crippen molar-refractivity contribution in [3.8, 4) is 11.5 Å². The molecule has 2 aromatic carbocycles. The molecule has 146 valence electrons. The molecule has 2 N–H and O–H groups in total. The number of benzene rings is 2. The number of ether oxygens (including phenoxy) is 2. The lowest BCUT2D eigenvalue weighted by molar-refractivity contribution is -0.122. The SMILES string of the molecule is COc1ccc(S(=O)(=O)NC(C)C(=O)NCc2ccc(F)cc2)cc1OC. The van der Waals surface area contributed by atoms with Gasteiger partial charge in [-0.3, -0.25) is 4.79 Å². The molecule has 27 heavy (non-hydrogen) atoms. The van der Waals surface area contributed by atoms with Crippen molar-refractivity contribution < 1.29 is 27.1 Å². The average molecular weight is 396 g/mol. The minimum atomic E-state index is -3.95. The van der Waals surface area contributed by atoms with E-state index in [0.29, 0.717) is 11.3 Å². The predicted molar refractivity (Wildman–Crippen MR) is 97.6 cm³/mol. The van der Waals surface area contributed by atoms with Crippen LogP contribution in [0.3, 0.4) is 0 Å². The number of amides is 1. The Labute approximate surface area is 157 Å². The highest BCUT2D eigenvalue weighted by molar-refractivity contribution is 7.89. The van der Waals surface area contributed by atoms with Gasteiger partial charge in [0.2, 0.25) is 15.9 Å². The molecule has 0 bridgehead atoms. The Morgan fingerprint density at radius 1 is 1.07 bits per heavy atom. The largest absolute Gasteiger partial charge is 0.493 e. The van der Waals surface area contributed by atoms with Crippen LogP contribution in [-0.2, 0) is 21.4 Å². The van der Waals surface area contributed by atoms with E-state index in [0.717, 1.165) is 0 Å². The zero-order valence-corrected chi connectivity index (χ0v) is 16.0. The van der Waals surface area contributed by atoms with Crippen LogP contribution in [0.2, 0.25) is 0 Å². The molecule has 0 radical (unpaired) electrons. The highest BCUT2D eigenvalue weighted by atomic mass is 32.2. The number of sulfonamides is 1. The highest BCUT2D eigenvalue weighted by Crippen LogP contribution is 2.29. The van der Waals surface area contributed by atoms with Crippen molar-refractivity contribution >= 4 is 15.9 Å². The summed E-state index contributed by atoms with van der Waals surface area (Å²) in [4.78, 5) is 12.1. The Morgan fingerprint density at radius 2 is 1.70 bits per heavy atom. The maximum atomic E-state index is 12.9. The fourth-order valence-electron chi connectivity index (χ4n) is 2.28. The Hall–Kier alpha value is -2.65. The van der Waals surface area contributed by atoms with Gasteiger partial charge in [-0.1, -0.05) is 12.1 Å².